The van der Waals surface area contributed by atoms with Crippen LogP contribution in [-0.2, 0) is 0 Å². The average molecular weight is 333 g/mol. The van der Waals surface area contributed by atoms with E-state index in [-0.39, 0.29) is 0 Å². The molecule has 0 spiro atoms. The number of fused-ring (bicyclic) bond motifs is 1. The molecule has 0 fully saturated rings. The molecule has 4 nitrogen and oxygen atoms in total. The van der Waals surface area contributed by atoms with E-state index < -0.39 is 0 Å². The van der Waals surface area contributed by atoms with Gasteiger partial charge in [-0.15, -0.1) is 0 Å². The molecule has 0 aliphatic rings. The molecule has 2 aromatic heterocycles. The van der Waals surface area contributed by atoms with Crippen LogP contribution in [0.5, 0.6) is 5.75 Å². The number of H-pyrrole nitrogens is 1. The van der Waals surface area contributed by atoms with E-state index in [0.717, 1.165) is 38.0 Å². The van der Waals surface area contributed by atoms with Crippen LogP contribution < -0.4 is 4.74 Å². The highest BCUT2D eigenvalue weighted by atomic mass is 32.2. The summed E-state index contributed by atoms with van der Waals surface area (Å²) in [5.74, 6) is 0.830. The lowest BCUT2D eigenvalue weighted by molar-refractivity contribution is 0.415. The van der Waals surface area contributed by atoms with E-state index in [0.29, 0.717) is 0 Å². The molecule has 118 valence electrons. The van der Waals surface area contributed by atoms with E-state index in [1.54, 1.807) is 25.2 Å². The highest BCUT2D eigenvalue weighted by Gasteiger charge is 2.11. The topological polar surface area (TPSA) is 50.8 Å². The standard InChI is InChI=1S/C19H15N3OS/c1-23-14-7-5-6-13(10-14)17-11-16-18(22-17)20-12-21-19(16)24-15-8-3-2-4-9-15/h2-12H,1H3,(H,20,21,22). The predicted octanol–water partition coefficient (Wildman–Crippen LogP) is 4.78. The normalized spacial score (nSPS) is 10.9. The van der Waals surface area contributed by atoms with Gasteiger partial charge >= 0.3 is 0 Å². The molecular weight excluding hydrogens is 318 g/mol. The van der Waals surface area contributed by atoms with Crippen molar-refractivity contribution in [3.05, 3.63) is 67.0 Å². The third-order valence-electron chi connectivity index (χ3n) is 3.73. The minimum atomic E-state index is 0.830. The van der Waals surface area contributed by atoms with E-state index in [1.165, 1.54) is 0 Å². The zero-order valence-electron chi connectivity index (χ0n) is 13.1. The summed E-state index contributed by atoms with van der Waals surface area (Å²) in [6, 6.07) is 20.3. The lowest BCUT2D eigenvalue weighted by Crippen LogP contribution is -1.84. The van der Waals surface area contributed by atoms with Crippen LogP contribution in [-0.4, -0.2) is 22.1 Å². The fraction of sp³-hybridized carbons (Fsp3) is 0.0526. The zero-order chi connectivity index (χ0) is 16.4. The van der Waals surface area contributed by atoms with Gasteiger partial charge in [0.2, 0.25) is 0 Å². The van der Waals surface area contributed by atoms with Crippen molar-refractivity contribution in [2.75, 3.05) is 7.11 Å². The summed E-state index contributed by atoms with van der Waals surface area (Å²) in [7, 11) is 1.67. The number of methoxy groups -OCH3 is 1. The van der Waals surface area contributed by atoms with Crippen LogP contribution in [0.4, 0.5) is 0 Å². The Hall–Kier alpha value is -2.79. The third kappa shape index (κ3) is 2.86. The van der Waals surface area contributed by atoms with Crippen LogP contribution >= 0.6 is 11.8 Å². The summed E-state index contributed by atoms with van der Waals surface area (Å²) in [5.41, 5.74) is 2.89. The molecule has 0 radical (unpaired) electrons. The second-order valence-corrected chi connectivity index (χ2v) is 6.33. The van der Waals surface area contributed by atoms with Crippen LogP contribution in [0.3, 0.4) is 0 Å². The number of rotatable bonds is 4. The number of hydrogen-bond donors (Lipinski definition) is 1. The van der Waals surface area contributed by atoms with Gasteiger partial charge in [-0.1, -0.05) is 42.1 Å². The molecule has 24 heavy (non-hydrogen) atoms. The maximum atomic E-state index is 5.31. The third-order valence-corrected chi connectivity index (χ3v) is 4.75. The first-order valence-corrected chi connectivity index (χ1v) is 8.36. The van der Waals surface area contributed by atoms with Gasteiger partial charge in [-0.3, -0.25) is 0 Å². The van der Waals surface area contributed by atoms with Gasteiger partial charge in [-0.25, -0.2) is 9.97 Å². The van der Waals surface area contributed by atoms with E-state index >= 15 is 0 Å². The lowest BCUT2D eigenvalue weighted by Gasteiger charge is -2.02. The fourth-order valence-corrected chi connectivity index (χ4v) is 3.43. The fourth-order valence-electron chi connectivity index (χ4n) is 2.54. The second kappa shape index (κ2) is 6.37. The first-order valence-electron chi connectivity index (χ1n) is 7.54. The molecule has 0 unspecified atom stereocenters. The van der Waals surface area contributed by atoms with Crippen LogP contribution in [0.2, 0.25) is 0 Å². The van der Waals surface area contributed by atoms with Crippen molar-refractivity contribution in [3.8, 4) is 17.0 Å². The Morgan fingerprint density at radius 1 is 0.958 bits per heavy atom. The van der Waals surface area contributed by atoms with Crippen molar-refractivity contribution in [2.45, 2.75) is 9.92 Å². The molecule has 5 heteroatoms. The Kier molecular flexibility index (Phi) is 3.92. The number of nitrogens with zero attached hydrogens (tertiary/aromatic N) is 2. The molecule has 0 saturated carbocycles. The van der Waals surface area contributed by atoms with Crippen molar-refractivity contribution in [3.63, 3.8) is 0 Å². The van der Waals surface area contributed by atoms with Gasteiger partial charge in [-0.05, 0) is 30.3 Å². The molecule has 0 bridgehead atoms. The number of ether oxygens (including phenoxy) is 1. The number of aromatic amines is 1. The monoisotopic (exact) mass is 333 g/mol. The minimum absolute atomic E-state index is 0.830. The molecule has 4 rings (SSSR count). The number of nitrogens with one attached hydrogen (secondary N) is 1. The molecule has 0 amide bonds. The maximum absolute atomic E-state index is 5.31. The quantitative estimate of drug-likeness (QED) is 0.546. The van der Waals surface area contributed by atoms with Crippen molar-refractivity contribution in [1.82, 2.24) is 15.0 Å². The molecule has 1 N–H and O–H groups in total. The van der Waals surface area contributed by atoms with Gasteiger partial charge in [0.15, 0.2) is 0 Å². The number of hydrogen-bond acceptors (Lipinski definition) is 4. The highest BCUT2D eigenvalue weighted by molar-refractivity contribution is 7.99. The Morgan fingerprint density at radius 2 is 1.83 bits per heavy atom. The largest absolute Gasteiger partial charge is 0.497 e. The molecule has 2 heterocycles. The van der Waals surface area contributed by atoms with Gasteiger partial charge in [0.05, 0.1) is 12.5 Å². The summed E-state index contributed by atoms with van der Waals surface area (Å²) in [6.45, 7) is 0. The molecule has 0 aliphatic heterocycles. The zero-order valence-corrected chi connectivity index (χ0v) is 13.9. The molecule has 4 aromatic rings. The van der Waals surface area contributed by atoms with Crippen LogP contribution in [0, 0.1) is 0 Å². The van der Waals surface area contributed by atoms with Crippen molar-refractivity contribution >= 4 is 22.8 Å². The van der Waals surface area contributed by atoms with Crippen molar-refractivity contribution in [2.24, 2.45) is 0 Å². The van der Waals surface area contributed by atoms with Crippen molar-refractivity contribution in [1.29, 1.82) is 0 Å². The van der Waals surface area contributed by atoms with Gasteiger partial charge in [0.1, 0.15) is 22.7 Å². The smallest absolute Gasteiger partial charge is 0.142 e. The van der Waals surface area contributed by atoms with E-state index in [9.17, 15) is 0 Å². The number of aromatic nitrogens is 3. The summed E-state index contributed by atoms with van der Waals surface area (Å²) in [4.78, 5) is 13.3. The van der Waals surface area contributed by atoms with Gasteiger partial charge < -0.3 is 9.72 Å². The lowest BCUT2D eigenvalue weighted by atomic mass is 10.1. The Labute approximate surface area is 143 Å². The van der Waals surface area contributed by atoms with Crippen molar-refractivity contribution < 1.29 is 4.74 Å². The Morgan fingerprint density at radius 3 is 2.67 bits per heavy atom. The van der Waals surface area contributed by atoms with Gasteiger partial charge in [-0.2, -0.15) is 0 Å². The first kappa shape index (κ1) is 14.8. The van der Waals surface area contributed by atoms with E-state index in [1.807, 2.05) is 42.5 Å². The van der Waals surface area contributed by atoms with Crippen LogP contribution in [0.25, 0.3) is 22.3 Å². The first-order chi connectivity index (χ1) is 11.8. The van der Waals surface area contributed by atoms with E-state index in [2.05, 4.69) is 33.2 Å². The summed E-state index contributed by atoms with van der Waals surface area (Å²) in [5, 5.41) is 1.96. The van der Waals surface area contributed by atoms with Crippen LogP contribution in [0.1, 0.15) is 0 Å². The summed E-state index contributed by atoms with van der Waals surface area (Å²) < 4.78 is 5.31. The van der Waals surface area contributed by atoms with Gasteiger partial charge in [0.25, 0.3) is 0 Å². The molecule has 2 aromatic carbocycles. The molecule has 0 aliphatic carbocycles. The second-order valence-electron chi connectivity index (χ2n) is 5.27. The SMILES string of the molecule is COc1cccc(-c2cc3c(Sc4ccccc4)ncnc3[nH]2)c1. The minimum Gasteiger partial charge on any atom is -0.497 e. The van der Waals surface area contributed by atoms with Crippen LogP contribution in [0.15, 0.2) is 76.9 Å². The molecule has 0 saturated heterocycles. The molecule has 0 atom stereocenters. The highest BCUT2D eigenvalue weighted by Crippen LogP contribution is 2.33. The predicted molar refractivity (Wildman–Crippen MR) is 96.4 cm³/mol. The Bertz CT molecular complexity index is 982. The number of benzene rings is 2. The Balaban J connectivity index is 1.76. The van der Waals surface area contributed by atoms with E-state index in [4.69, 9.17) is 4.74 Å². The molecular formula is C19H15N3OS. The summed E-state index contributed by atoms with van der Waals surface area (Å²) in [6.07, 6.45) is 1.60. The van der Waals surface area contributed by atoms with Gasteiger partial charge in [0, 0.05) is 16.2 Å². The maximum Gasteiger partial charge on any atom is 0.142 e. The summed E-state index contributed by atoms with van der Waals surface area (Å²) >= 11 is 1.64. The average Bonchev–Trinajstić information content (AvgIpc) is 3.08.